The second kappa shape index (κ2) is 9.33. The van der Waals surface area contributed by atoms with E-state index >= 15 is 0 Å². The van der Waals surface area contributed by atoms with E-state index in [4.69, 9.17) is 14.2 Å². The van der Waals surface area contributed by atoms with E-state index in [1.165, 1.54) is 11.8 Å². The summed E-state index contributed by atoms with van der Waals surface area (Å²) in [4.78, 5) is 12.2. The summed E-state index contributed by atoms with van der Waals surface area (Å²) < 4.78 is 18.0. The van der Waals surface area contributed by atoms with Crippen molar-refractivity contribution in [1.82, 2.24) is 14.8 Å². The third kappa shape index (κ3) is 4.62. The Labute approximate surface area is 173 Å². The third-order valence-electron chi connectivity index (χ3n) is 4.15. The minimum Gasteiger partial charge on any atom is -0.493 e. The van der Waals surface area contributed by atoms with Gasteiger partial charge in [0, 0.05) is 18.3 Å². The Morgan fingerprint density at radius 2 is 1.69 bits per heavy atom. The fourth-order valence-electron chi connectivity index (χ4n) is 2.75. The van der Waals surface area contributed by atoms with Crippen LogP contribution in [-0.2, 0) is 11.8 Å². The minimum absolute atomic E-state index is 0.112. The van der Waals surface area contributed by atoms with E-state index in [-0.39, 0.29) is 11.7 Å². The Balaban J connectivity index is 1.76. The molecule has 0 spiro atoms. The van der Waals surface area contributed by atoms with E-state index in [2.05, 4.69) is 15.5 Å². The first-order valence-electron chi connectivity index (χ1n) is 8.74. The van der Waals surface area contributed by atoms with E-state index in [1.807, 2.05) is 54.1 Å². The first-order valence-corrected chi connectivity index (χ1v) is 9.73. The summed E-state index contributed by atoms with van der Waals surface area (Å²) in [6.45, 7) is 0. The van der Waals surface area contributed by atoms with Gasteiger partial charge in [0.15, 0.2) is 22.5 Å². The molecule has 1 N–H and O–H groups in total. The predicted octanol–water partition coefficient (Wildman–Crippen LogP) is 3.24. The Morgan fingerprint density at radius 1 is 1.03 bits per heavy atom. The molecule has 0 bridgehead atoms. The highest BCUT2D eigenvalue weighted by Gasteiger charge is 2.18. The van der Waals surface area contributed by atoms with Crippen LogP contribution in [0.15, 0.2) is 47.6 Å². The van der Waals surface area contributed by atoms with E-state index in [1.54, 1.807) is 21.3 Å². The summed E-state index contributed by atoms with van der Waals surface area (Å²) in [5, 5.41) is 11.9. The van der Waals surface area contributed by atoms with Crippen LogP contribution < -0.4 is 19.5 Å². The molecule has 0 aliphatic carbocycles. The van der Waals surface area contributed by atoms with Gasteiger partial charge in [-0.05, 0) is 24.3 Å². The normalized spacial score (nSPS) is 10.5. The molecule has 0 aliphatic rings. The number of para-hydroxylation sites is 1. The first kappa shape index (κ1) is 20.5. The molecule has 0 fully saturated rings. The maximum Gasteiger partial charge on any atom is 0.234 e. The highest BCUT2D eigenvalue weighted by atomic mass is 32.2. The van der Waals surface area contributed by atoms with E-state index < -0.39 is 0 Å². The Morgan fingerprint density at radius 3 is 2.28 bits per heavy atom. The van der Waals surface area contributed by atoms with Crippen molar-refractivity contribution in [2.75, 3.05) is 32.4 Å². The molecule has 29 heavy (non-hydrogen) atoms. The van der Waals surface area contributed by atoms with Crippen LogP contribution in [0.25, 0.3) is 11.4 Å². The number of anilines is 1. The molecule has 152 valence electrons. The topological polar surface area (TPSA) is 87.5 Å². The van der Waals surface area contributed by atoms with Crippen LogP contribution in [0.2, 0.25) is 0 Å². The van der Waals surface area contributed by atoms with Crippen molar-refractivity contribution in [3.63, 3.8) is 0 Å². The molecule has 0 radical (unpaired) electrons. The van der Waals surface area contributed by atoms with Crippen molar-refractivity contribution in [2.45, 2.75) is 5.16 Å². The molecule has 2 aromatic carbocycles. The molecular formula is C20H22N4O4S. The number of methoxy groups -OCH3 is 3. The number of rotatable bonds is 8. The van der Waals surface area contributed by atoms with Crippen molar-refractivity contribution in [1.29, 1.82) is 0 Å². The smallest absolute Gasteiger partial charge is 0.234 e. The lowest BCUT2D eigenvalue weighted by Crippen LogP contribution is -2.14. The van der Waals surface area contributed by atoms with Gasteiger partial charge in [-0.2, -0.15) is 0 Å². The molecule has 0 unspecified atom stereocenters. The highest BCUT2D eigenvalue weighted by Crippen LogP contribution is 2.41. The van der Waals surface area contributed by atoms with Gasteiger partial charge in [0.05, 0.1) is 27.1 Å². The lowest BCUT2D eigenvalue weighted by Gasteiger charge is -2.14. The van der Waals surface area contributed by atoms with Crippen molar-refractivity contribution in [3.05, 3.63) is 42.5 Å². The van der Waals surface area contributed by atoms with Gasteiger partial charge in [-0.25, -0.2) is 0 Å². The number of nitrogens with one attached hydrogen (secondary N) is 1. The largest absolute Gasteiger partial charge is 0.493 e. The molecule has 1 aromatic heterocycles. The fraction of sp³-hybridized carbons (Fsp3) is 0.250. The standard InChI is InChI=1S/C20H22N4O4S/c1-24-19(13-10-15(26-2)18(28-4)16(11-13)27-3)22-23-20(24)29-12-17(25)21-14-8-6-5-7-9-14/h5-11H,12H2,1-4H3,(H,21,25). The summed E-state index contributed by atoms with van der Waals surface area (Å²) in [7, 11) is 6.52. The van der Waals surface area contributed by atoms with Gasteiger partial charge in [0.1, 0.15) is 0 Å². The second-order valence-corrected chi connectivity index (χ2v) is 6.92. The maximum absolute atomic E-state index is 12.2. The summed E-state index contributed by atoms with van der Waals surface area (Å²) in [5.41, 5.74) is 1.52. The molecular weight excluding hydrogens is 392 g/mol. The SMILES string of the molecule is COc1cc(-c2nnc(SCC(=O)Nc3ccccc3)n2C)cc(OC)c1OC. The zero-order chi connectivity index (χ0) is 20.8. The van der Waals surface area contributed by atoms with E-state index in [0.29, 0.717) is 28.2 Å². The van der Waals surface area contributed by atoms with Crippen LogP contribution in [0.4, 0.5) is 5.69 Å². The van der Waals surface area contributed by atoms with Crippen LogP contribution in [0, 0.1) is 0 Å². The zero-order valence-electron chi connectivity index (χ0n) is 16.6. The molecule has 1 heterocycles. The fourth-order valence-corrected chi connectivity index (χ4v) is 3.46. The molecule has 3 rings (SSSR count). The molecule has 0 atom stereocenters. The van der Waals surface area contributed by atoms with Crippen LogP contribution in [0.3, 0.4) is 0 Å². The lowest BCUT2D eigenvalue weighted by atomic mass is 10.1. The van der Waals surface area contributed by atoms with Crippen LogP contribution in [-0.4, -0.2) is 47.8 Å². The number of carbonyl (C=O) groups excluding carboxylic acids is 1. The van der Waals surface area contributed by atoms with Crippen molar-refractivity contribution >= 4 is 23.4 Å². The molecule has 3 aromatic rings. The van der Waals surface area contributed by atoms with Crippen molar-refractivity contribution < 1.29 is 19.0 Å². The number of aromatic nitrogens is 3. The Hall–Kier alpha value is -3.20. The number of ether oxygens (including phenoxy) is 3. The average Bonchev–Trinajstić information content (AvgIpc) is 3.12. The Bertz CT molecular complexity index is 966. The number of thioether (sulfide) groups is 1. The van der Waals surface area contributed by atoms with Gasteiger partial charge in [-0.3, -0.25) is 4.79 Å². The van der Waals surface area contributed by atoms with Gasteiger partial charge < -0.3 is 24.1 Å². The highest BCUT2D eigenvalue weighted by molar-refractivity contribution is 7.99. The number of hydrogen-bond acceptors (Lipinski definition) is 7. The lowest BCUT2D eigenvalue weighted by molar-refractivity contribution is -0.113. The maximum atomic E-state index is 12.2. The monoisotopic (exact) mass is 414 g/mol. The van der Waals surface area contributed by atoms with Gasteiger partial charge in [-0.1, -0.05) is 30.0 Å². The predicted molar refractivity (Wildman–Crippen MR) is 112 cm³/mol. The zero-order valence-corrected chi connectivity index (χ0v) is 17.4. The summed E-state index contributed by atoms with van der Waals surface area (Å²) in [5.74, 6) is 2.29. The minimum atomic E-state index is -0.112. The number of hydrogen-bond donors (Lipinski definition) is 1. The van der Waals surface area contributed by atoms with Gasteiger partial charge in [0.2, 0.25) is 11.7 Å². The number of carbonyl (C=O) groups is 1. The van der Waals surface area contributed by atoms with E-state index in [0.717, 1.165) is 11.3 Å². The van der Waals surface area contributed by atoms with Crippen LogP contribution in [0.5, 0.6) is 17.2 Å². The molecule has 0 saturated heterocycles. The molecule has 9 heteroatoms. The van der Waals surface area contributed by atoms with Gasteiger partial charge >= 0.3 is 0 Å². The van der Waals surface area contributed by atoms with Crippen molar-refractivity contribution in [3.8, 4) is 28.6 Å². The van der Waals surface area contributed by atoms with Crippen molar-refractivity contribution in [2.24, 2.45) is 7.05 Å². The van der Waals surface area contributed by atoms with Crippen LogP contribution in [0.1, 0.15) is 0 Å². The molecule has 0 saturated carbocycles. The Kier molecular flexibility index (Phi) is 6.61. The second-order valence-electron chi connectivity index (χ2n) is 5.98. The summed E-state index contributed by atoms with van der Waals surface area (Å²) in [6.07, 6.45) is 0. The first-order chi connectivity index (χ1) is 14.1. The molecule has 1 amide bonds. The molecule has 8 nitrogen and oxygen atoms in total. The summed E-state index contributed by atoms with van der Waals surface area (Å²) >= 11 is 1.31. The van der Waals surface area contributed by atoms with E-state index in [9.17, 15) is 4.79 Å². The quantitative estimate of drug-likeness (QED) is 0.566. The number of nitrogens with zero attached hydrogens (tertiary/aromatic N) is 3. The summed E-state index contributed by atoms with van der Waals surface area (Å²) in [6, 6.07) is 12.9. The van der Waals surface area contributed by atoms with Gasteiger partial charge in [0.25, 0.3) is 0 Å². The average molecular weight is 414 g/mol. The number of amides is 1. The number of benzene rings is 2. The van der Waals surface area contributed by atoms with Gasteiger partial charge in [-0.15, -0.1) is 10.2 Å². The van der Waals surface area contributed by atoms with Crippen LogP contribution >= 0.6 is 11.8 Å². The third-order valence-corrected chi connectivity index (χ3v) is 5.17. The molecule has 0 aliphatic heterocycles.